The summed E-state index contributed by atoms with van der Waals surface area (Å²) >= 11 is 0. The van der Waals surface area contributed by atoms with Gasteiger partial charge < -0.3 is 10.0 Å². The summed E-state index contributed by atoms with van der Waals surface area (Å²) in [6.07, 6.45) is 2.57. The van der Waals surface area contributed by atoms with Crippen molar-refractivity contribution in [1.82, 2.24) is 9.80 Å². The molecule has 0 unspecified atom stereocenters. The molecule has 0 saturated carbocycles. The molecule has 2 fully saturated rings. The number of rotatable bonds is 3. The quantitative estimate of drug-likeness (QED) is 0.775. The maximum atomic E-state index is 13.8. The van der Waals surface area contributed by atoms with Crippen LogP contribution in [0.2, 0.25) is 0 Å². The number of carbonyl (C=O) groups excluding carboxylic acids is 1. The number of hydrogen-bond acceptors (Lipinski definition) is 3. The summed E-state index contributed by atoms with van der Waals surface area (Å²) in [7, 11) is 0. The summed E-state index contributed by atoms with van der Waals surface area (Å²) in [5.74, 6) is 5.99. The first-order chi connectivity index (χ1) is 15.1. The zero-order chi connectivity index (χ0) is 21.8. The number of aliphatic hydroxyl groups is 1. The van der Waals surface area contributed by atoms with Crippen LogP contribution in [0.25, 0.3) is 0 Å². The first kappa shape index (κ1) is 21.5. The van der Waals surface area contributed by atoms with Gasteiger partial charge in [0.05, 0.1) is 12.2 Å². The van der Waals surface area contributed by atoms with Crippen LogP contribution >= 0.6 is 0 Å². The van der Waals surface area contributed by atoms with Crippen LogP contribution in [0, 0.1) is 17.7 Å². The van der Waals surface area contributed by atoms with E-state index in [9.17, 15) is 14.3 Å². The maximum absolute atomic E-state index is 13.8. The third-order valence-corrected chi connectivity index (χ3v) is 6.54. The average Bonchev–Trinajstić information content (AvgIpc) is 2.78. The van der Waals surface area contributed by atoms with Crippen LogP contribution in [0.1, 0.15) is 48.8 Å². The van der Waals surface area contributed by atoms with Crippen molar-refractivity contribution in [2.24, 2.45) is 0 Å². The van der Waals surface area contributed by atoms with Crippen molar-refractivity contribution in [3.05, 3.63) is 71.0 Å². The van der Waals surface area contributed by atoms with E-state index in [-0.39, 0.29) is 36.3 Å². The fourth-order valence-electron chi connectivity index (χ4n) is 4.88. The first-order valence-electron chi connectivity index (χ1n) is 11.1. The third kappa shape index (κ3) is 4.51. The molecule has 3 atom stereocenters. The van der Waals surface area contributed by atoms with Crippen LogP contribution in [0.5, 0.6) is 0 Å². The van der Waals surface area contributed by atoms with E-state index in [1.54, 1.807) is 18.2 Å². The Morgan fingerprint density at radius 2 is 1.84 bits per heavy atom. The van der Waals surface area contributed by atoms with Crippen LogP contribution in [0.3, 0.4) is 0 Å². The van der Waals surface area contributed by atoms with Crippen LogP contribution in [-0.2, 0) is 4.79 Å². The molecule has 1 amide bonds. The van der Waals surface area contributed by atoms with Gasteiger partial charge >= 0.3 is 0 Å². The molecule has 0 radical (unpaired) electrons. The average molecular weight is 421 g/mol. The molecule has 0 aromatic heterocycles. The maximum Gasteiger partial charge on any atom is 0.222 e. The molecule has 2 aliphatic rings. The van der Waals surface area contributed by atoms with Crippen LogP contribution < -0.4 is 0 Å². The molecule has 4 rings (SSSR count). The number of hydrogen-bond donors (Lipinski definition) is 1. The number of benzene rings is 2. The minimum absolute atomic E-state index is 0.0806. The monoisotopic (exact) mass is 420 g/mol. The zero-order valence-electron chi connectivity index (χ0n) is 17.9. The number of halogens is 1. The Kier molecular flexibility index (Phi) is 6.70. The molecule has 2 aromatic carbocycles. The molecule has 31 heavy (non-hydrogen) atoms. The van der Waals surface area contributed by atoms with Gasteiger partial charge in [-0.1, -0.05) is 43.0 Å². The molecule has 4 nitrogen and oxygen atoms in total. The van der Waals surface area contributed by atoms with E-state index >= 15 is 0 Å². The standard InChI is InChI=1S/C26H29FN2O2/c1-2-25(31)28-15-5-6-16-29-23(17-28)26(24(29)18-30)21-13-10-19(11-14-21)9-12-20-7-3-4-8-22(20)27/h3-4,7-8,10-11,13-14,23-24,26,30H,2,5-6,15-18H2,1H3/t23-,24+,26-/m1/s1. The molecule has 0 bridgehead atoms. The summed E-state index contributed by atoms with van der Waals surface area (Å²) in [5.41, 5.74) is 2.36. The van der Waals surface area contributed by atoms with Crippen molar-refractivity contribution in [2.45, 2.75) is 44.2 Å². The molecule has 2 saturated heterocycles. The van der Waals surface area contributed by atoms with E-state index < -0.39 is 0 Å². The molecular weight excluding hydrogens is 391 g/mol. The van der Waals surface area contributed by atoms with Crippen LogP contribution in [0.15, 0.2) is 48.5 Å². The number of fused-ring (bicyclic) bond motifs is 1. The highest BCUT2D eigenvalue weighted by Crippen LogP contribution is 2.42. The smallest absolute Gasteiger partial charge is 0.222 e. The third-order valence-electron chi connectivity index (χ3n) is 6.54. The van der Waals surface area contributed by atoms with Gasteiger partial charge in [-0.15, -0.1) is 0 Å². The Balaban J connectivity index is 1.53. The number of amides is 1. The lowest BCUT2D eigenvalue weighted by atomic mass is 9.74. The molecule has 2 aliphatic heterocycles. The Bertz CT molecular complexity index is 979. The van der Waals surface area contributed by atoms with E-state index in [4.69, 9.17) is 0 Å². The fraction of sp³-hybridized carbons (Fsp3) is 0.423. The topological polar surface area (TPSA) is 43.8 Å². The van der Waals surface area contributed by atoms with Crippen LogP contribution in [0.4, 0.5) is 4.39 Å². The van der Waals surface area contributed by atoms with E-state index in [1.807, 2.05) is 24.0 Å². The summed E-state index contributed by atoms with van der Waals surface area (Å²) in [4.78, 5) is 16.7. The summed E-state index contributed by atoms with van der Waals surface area (Å²) in [6, 6.07) is 14.8. The molecule has 5 heteroatoms. The highest BCUT2D eigenvalue weighted by Gasteiger charge is 2.49. The zero-order valence-corrected chi connectivity index (χ0v) is 17.9. The lowest BCUT2D eigenvalue weighted by molar-refractivity contribution is -0.136. The van der Waals surface area contributed by atoms with Crippen molar-refractivity contribution in [3.63, 3.8) is 0 Å². The second-order valence-electron chi connectivity index (χ2n) is 8.33. The largest absolute Gasteiger partial charge is 0.395 e. The van der Waals surface area contributed by atoms with Gasteiger partial charge in [-0.2, -0.15) is 0 Å². The van der Waals surface area contributed by atoms with Crippen molar-refractivity contribution in [2.75, 3.05) is 26.2 Å². The molecular formula is C26H29FN2O2. The molecule has 2 heterocycles. The van der Waals surface area contributed by atoms with Crippen molar-refractivity contribution in [1.29, 1.82) is 0 Å². The Morgan fingerprint density at radius 3 is 2.55 bits per heavy atom. The normalized spacial score (nSPS) is 23.6. The summed E-state index contributed by atoms with van der Waals surface area (Å²) in [6.45, 7) is 4.51. The molecule has 1 N–H and O–H groups in total. The Labute approximate surface area is 183 Å². The predicted molar refractivity (Wildman–Crippen MR) is 119 cm³/mol. The number of carbonyl (C=O) groups is 1. The predicted octanol–water partition coefficient (Wildman–Crippen LogP) is 3.39. The van der Waals surface area contributed by atoms with Gasteiger partial charge in [-0.3, -0.25) is 9.69 Å². The van der Waals surface area contributed by atoms with Crippen molar-refractivity contribution >= 4 is 5.91 Å². The summed E-state index contributed by atoms with van der Waals surface area (Å²) < 4.78 is 13.8. The highest BCUT2D eigenvalue weighted by molar-refractivity contribution is 5.75. The van der Waals surface area contributed by atoms with E-state index in [2.05, 4.69) is 28.9 Å². The van der Waals surface area contributed by atoms with Gasteiger partial charge in [0.25, 0.3) is 0 Å². The van der Waals surface area contributed by atoms with Gasteiger partial charge in [0.2, 0.25) is 5.91 Å². The van der Waals surface area contributed by atoms with Gasteiger partial charge in [0.15, 0.2) is 0 Å². The van der Waals surface area contributed by atoms with Crippen molar-refractivity contribution in [3.8, 4) is 11.8 Å². The lowest BCUT2D eigenvalue weighted by Gasteiger charge is -2.57. The van der Waals surface area contributed by atoms with Gasteiger partial charge in [-0.25, -0.2) is 4.39 Å². The minimum atomic E-state index is -0.317. The van der Waals surface area contributed by atoms with Crippen LogP contribution in [-0.4, -0.2) is 59.1 Å². The number of nitrogens with zero attached hydrogens (tertiary/aromatic N) is 2. The van der Waals surface area contributed by atoms with Crippen molar-refractivity contribution < 1.29 is 14.3 Å². The second kappa shape index (κ2) is 9.64. The SMILES string of the molecule is CCC(=O)N1CCCCN2[C@H](C1)[C@@H](c1ccc(C#Cc3ccccc3F)cc1)[C@@H]2CO. The fourth-order valence-corrected chi connectivity index (χ4v) is 4.88. The summed E-state index contributed by atoms with van der Waals surface area (Å²) in [5, 5.41) is 10.1. The molecule has 0 spiro atoms. The second-order valence-corrected chi connectivity index (χ2v) is 8.33. The lowest BCUT2D eigenvalue weighted by Crippen LogP contribution is -2.67. The van der Waals surface area contributed by atoms with Gasteiger partial charge in [-0.05, 0) is 49.2 Å². The van der Waals surface area contributed by atoms with E-state index in [0.29, 0.717) is 18.5 Å². The first-order valence-corrected chi connectivity index (χ1v) is 11.1. The Morgan fingerprint density at radius 1 is 1.10 bits per heavy atom. The molecule has 162 valence electrons. The molecule has 2 aromatic rings. The van der Waals surface area contributed by atoms with E-state index in [0.717, 1.165) is 37.1 Å². The highest BCUT2D eigenvalue weighted by atomic mass is 19.1. The van der Waals surface area contributed by atoms with E-state index in [1.165, 1.54) is 6.07 Å². The molecule has 0 aliphatic carbocycles. The number of aliphatic hydroxyl groups excluding tert-OH is 1. The van der Waals surface area contributed by atoms with Gasteiger partial charge in [0.1, 0.15) is 5.82 Å². The van der Waals surface area contributed by atoms with Gasteiger partial charge in [0, 0.05) is 43.1 Å². The Hall–Kier alpha value is -2.68. The minimum Gasteiger partial charge on any atom is -0.395 e.